The summed E-state index contributed by atoms with van der Waals surface area (Å²) >= 11 is 24.6. The summed E-state index contributed by atoms with van der Waals surface area (Å²) in [5.41, 5.74) is 2.34. The van der Waals surface area contributed by atoms with Crippen molar-refractivity contribution >= 4 is 46.4 Å². The predicted molar refractivity (Wildman–Crippen MR) is 132 cm³/mol. The van der Waals surface area contributed by atoms with Crippen molar-refractivity contribution in [3.63, 3.8) is 0 Å². The molecule has 3 nitrogen and oxygen atoms in total. The maximum atomic E-state index is 6.67. The Morgan fingerprint density at radius 2 is 1.59 bits per heavy atom. The average molecular weight is 511 g/mol. The van der Waals surface area contributed by atoms with Crippen molar-refractivity contribution in [1.82, 2.24) is 5.32 Å². The quantitative estimate of drug-likeness (QED) is 0.362. The molecule has 0 spiro atoms. The molecule has 0 bridgehead atoms. The van der Waals surface area contributed by atoms with Crippen molar-refractivity contribution in [2.75, 3.05) is 13.1 Å². The van der Waals surface area contributed by atoms with Gasteiger partial charge in [-0.05, 0) is 66.1 Å². The molecule has 168 valence electrons. The third-order valence-electron chi connectivity index (χ3n) is 5.68. The number of hydrogen-bond donors (Lipinski definition) is 1. The van der Waals surface area contributed by atoms with Gasteiger partial charge in [0.2, 0.25) is 0 Å². The molecule has 0 amide bonds. The fourth-order valence-electron chi connectivity index (χ4n) is 4.00. The predicted octanol–water partition coefficient (Wildman–Crippen LogP) is 7.29. The van der Waals surface area contributed by atoms with Crippen LogP contribution in [0.25, 0.3) is 0 Å². The van der Waals surface area contributed by atoms with Crippen molar-refractivity contribution in [2.24, 2.45) is 0 Å². The second-order valence-electron chi connectivity index (χ2n) is 7.82. The van der Waals surface area contributed by atoms with Crippen LogP contribution in [0.15, 0.2) is 66.7 Å². The second kappa shape index (κ2) is 10.8. The van der Waals surface area contributed by atoms with Gasteiger partial charge in [-0.15, -0.1) is 0 Å². The molecule has 1 N–H and O–H groups in total. The minimum atomic E-state index is -0.644. The lowest BCUT2D eigenvalue weighted by Gasteiger charge is -2.44. The Bertz CT molecular complexity index is 1060. The standard InChI is InChI=1S/C25H23Cl4NO2/c26-20-7-5-19(6-8-20)25(32-16-17-2-1-3-21(27)12-17)10-11-30-14-24(25)31-15-18-4-9-22(28)23(29)13-18/h1-9,12-13,24,30H,10-11,14-16H2. The number of benzene rings is 3. The van der Waals surface area contributed by atoms with Gasteiger partial charge in [0.15, 0.2) is 0 Å². The third kappa shape index (κ3) is 5.60. The average Bonchev–Trinajstić information content (AvgIpc) is 2.79. The summed E-state index contributed by atoms with van der Waals surface area (Å²) in [6, 6.07) is 21.0. The first-order chi connectivity index (χ1) is 15.5. The van der Waals surface area contributed by atoms with Crippen molar-refractivity contribution in [3.05, 3.63) is 104 Å². The van der Waals surface area contributed by atoms with Crippen LogP contribution in [0.2, 0.25) is 20.1 Å². The largest absolute Gasteiger partial charge is 0.369 e. The molecule has 1 saturated heterocycles. The highest BCUT2D eigenvalue weighted by atomic mass is 35.5. The summed E-state index contributed by atoms with van der Waals surface area (Å²) in [5, 5.41) is 5.83. The normalized spacial score (nSPS) is 20.9. The summed E-state index contributed by atoms with van der Waals surface area (Å²) in [4.78, 5) is 0. The van der Waals surface area contributed by atoms with Gasteiger partial charge in [0.25, 0.3) is 0 Å². The van der Waals surface area contributed by atoms with Gasteiger partial charge in [-0.3, -0.25) is 0 Å². The Labute approximate surface area is 208 Å². The van der Waals surface area contributed by atoms with E-state index in [1.54, 1.807) is 6.07 Å². The Morgan fingerprint density at radius 3 is 2.34 bits per heavy atom. The highest BCUT2D eigenvalue weighted by Crippen LogP contribution is 2.39. The van der Waals surface area contributed by atoms with Gasteiger partial charge in [0.1, 0.15) is 11.7 Å². The topological polar surface area (TPSA) is 30.5 Å². The summed E-state index contributed by atoms with van der Waals surface area (Å²) in [5.74, 6) is 0. The minimum Gasteiger partial charge on any atom is -0.369 e. The molecule has 1 heterocycles. The van der Waals surface area contributed by atoms with E-state index in [1.807, 2.05) is 60.7 Å². The molecule has 32 heavy (non-hydrogen) atoms. The molecular formula is C25H23Cl4NO2. The zero-order valence-corrected chi connectivity index (χ0v) is 20.3. The lowest BCUT2D eigenvalue weighted by molar-refractivity contribution is -0.176. The maximum Gasteiger partial charge on any atom is 0.122 e. The monoisotopic (exact) mass is 509 g/mol. The Kier molecular flexibility index (Phi) is 8.01. The number of hydrogen-bond acceptors (Lipinski definition) is 3. The van der Waals surface area contributed by atoms with E-state index in [4.69, 9.17) is 55.9 Å². The van der Waals surface area contributed by atoms with E-state index in [1.165, 1.54) is 0 Å². The molecule has 0 radical (unpaired) electrons. The van der Waals surface area contributed by atoms with Crippen LogP contribution in [-0.4, -0.2) is 19.2 Å². The molecule has 2 atom stereocenters. The van der Waals surface area contributed by atoms with Crippen LogP contribution in [-0.2, 0) is 28.3 Å². The molecule has 4 rings (SSSR count). The van der Waals surface area contributed by atoms with Gasteiger partial charge in [0.05, 0.1) is 23.3 Å². The zero-order chi connectivity index (χ0) is 22.6. The van der Waals surface area contributed by atoms with Crippen molar-refractivity contribution in [3.8, 4) is 0 Å². The van der Waals surface area contributed by atoms with Gasteiger partial charge in [0, 0.05) is 16.6 Å². The second-order valence-corrected chi connectivity index (χ2v) is 9.50. The van der Waals surface area contributed by atoms with E-state index in [0.717, 1.165) is 29.7 Å². The smallest absolute Gasteiger partial charge is 0.122 e. The zero-order valence-electron chi connectivity index (χ0n) is 17.3. The minimum absolute atomic E-state index is 0.230. The molecule has 1 aliphatic rings. The van der Waals surface area contributed by atoms with E-state index >= 15 is 0 Å². The van der Waals surface area contributed by atoms with Crippen LogP contribution < -0.4 is 5.32 Å². The molecule has 7 heteroatoms. The molecule has 1 fully saturated rings. The fourth-order valence-corrected chi connectivity index (χ4v) is 4.66. The maximum absolute atomic E-state index is 6.67. The van der Waals surface area contributed by atoms with Crippen LogP contribution in [0.5, 0.6) is 0 Å². The van der Waals surface area contributed by atoms with Crippen LogP contribution in [0, 0.1) is 0 Å². The first-order valence-electron chi connectivity index (χ1n) is 10.4. The van der Waals surface area contributed by atoms with Gasteiger partial charge in [-0.25, -0.2) is 0 Å². The first-order valence-corrected chi connectivity index (χ1v) is 11.9. The van der Waals surface area contributed by atoms with Crippen molar-refractivity contribution < 1.29 is 9.47 Å². The van der Waals surface area contributed by atoms with Gasteiger partial charge in [-0.2, -0.15) is 0 Å². The molecule has 3 aromatic carbocycles. The highest BCUT2D eigenvalue weighted by molar-refractivity contribution is 6.42. The first kappa shape index (κ1) is 23.8. The Morgan fingerprint density at radius 1 is 0.812 bits per heavy atom. The van der Waals surface area contributed by atoms with E-state index in [9.17, 15) is 0 Å². The third-order valence-corrected chi connectivity index (χ3v) is 6.90. The summed E-state index contributed by atoms with van der Waals surface area (Å²) in [6.45, 7) is 2.26. The van der Waals surface area contributed by atoms with Gasteiger partial charge in [-0.1, -0.05) is 76.7 Å². The van der Waals surface area contributed by atoms with Gasteiger partial charge >= 0.3 is 0 Å². The van der Waals surface area contributed by atoms with E-state index in [2.05, 4.69) is 5.32 Å². The molecule has 3 aromatic rings. The molecule has 0 aromatic heterocycles. The van der Waals surface area contributed by atoms with E-state index in [-0.39, 0.29) is 6.10 Å². The van der Waals surface area contributed by atoms with Crippen LogP contribution >= 0.6 is 46.4 Å². The molecule has 0 saturated carbocycles. The van der Waals surface area contributed by atoms with Crippen molar-refractivity contribution in [2.45, 2.75) is 31.3 Å². The fraction of sp³-hybridized carbons (Fsp3) is 0.280. The van der Waals surface area contributed by atoms with Crippen LogP contribution in [0.4, 0.5) is 0 Å². The molecular weight excluding hydrogens is 488 g/mol. The van der Waals surface area contributed by atoms with Crippen molar-refractivity contribution in [1.29, 1.82) is 0 Å². The molecule has 2 unspecified atom stereocenters. The molecule has 1 aliphatic heterocycles. The van der Waals surface area contributed by atoms with E-state index in [0.29, 0.717) is 39.8 Å². The number of nitrogens with one attached hydrogen (secondary N) is 1. The number of piperidine rings is 1. The Balaban J connectivity index is 1.61. The van der Waals surface area contributed by atoms with E-state index < -0.39 is 5.60 Å². The number of rotatable bonds is 7. The van der Waals surface area contributed by atoms with Gasteiger partial charge < -0.3 is 14.8 Å². The number of ether oxygens (including phenoxy) is 2. The number of halogens is 4. The highest BCUT2D eigenvalue weighted by Gasteiger charge is 2.44. The summed E-state index contributed by atoms with van der Waals surface area (Å²) in [6.07, 6.45) is 0.521. The summed E-state index contributed by atoms with van der Waals surface area (Å²) in [7, 11) is 0. The lowest BCUT2D eigenvalue weighted by Crippen LogP contribution is -2.54. The van der Waals surface area contributed by atoms with Crippen LogP contribution in [0.1, 0.15) is 23.1 Å². The van der Waals surface area contributed by atoms with Crippen LogP contribution in [0.3, 0.4) is 0 Å². The summed E-state index contributed by atoms with van der Waals surface area (Å²) < 4.78 is 13.1. The SMILES string of the molecule is Clc1ccc(C2(OCc3cccc(Cl)c3)CCNCC2OCc2ccc(Cl)c(Cl)c2)cc1. The Hall–Kier alpha value is -1.30. The molecule has 0 aliphatic carbocycles. The lowest BCUT2D eigenvalue weighted by atomic mass is 9.82.